The molecule has 5 unspecified atom stereocenters. The van der Waals surface area contributed by atoms with Gasteiger partial charge in [0.1, 0.15) is 29.9 Å². The Morgan fingerprint density at radius 1 is 0.860 bits per heavy atom. The third kappa shape index (κ3) is 9.53. The number of aromatic amines is 1. The molecule has 0 bridgehead atoms. The van der Waals surface area contributed by atoms with Gasteiger partial charge < -0.3 is 47.7 Å². The predicted molar refractivity (Wildman–Crippen MR) is 160 cm³/mol. The lowest BCUT2D eigenvalue weighted by atomic mass is 10.0. The van der Waals surface area contributed by atoms with Crippen LogP contribution in [-0.2, 0) is 32.0 Å². The number of para-hydroxylation sites is 1. The van der Waals surface area contributed by atoms with Gasteiger partial charge in [0, 0.05) is 29.9 Å². The lowest BCUT2D eigenvalue weighted by molar-refractivity contribution is -0.142. The Morgan fingerprint density at radius 3 is 2.14 bits per heavy atom. The fraction of sp³-hybridized carbons (Fsp3) is 0.400. The first-order valence-electron chi connectivity index (χ1n) is 14.1. The van der Waals surface area contributed by atoms with Crippen LogP contribution in [0.3, 0.4) is 0 Å². The molecule has 1 aromatic heterocycles. The van der Waals surface area contributed by atoms with Crippen molar-refractivity contribution in [2.24, 2.45) is 11.5 Å². The van der Waals surface area contributed by atoms with Crippen molar-refractivity contribution >= 4 is 34.6 Å². The number of aromatic nitrogens is 1. The number of nitrogens with two attached hydrogens (primary N) is 2. The number of rotatable bonds is 16. The van der Waals surface area contributed by atoms with Crippen molar-refractivity contribution < 1.29 is 34.5 Å². The summed E-state index contributed by atoms with van der Waals surface area (Å²) in [4.78, 5) is 54.9. The first kappa shape index (κ1) is 33.0. The molecule has 0 aliphatic rings. The van der Waals surface area contributed by atoms with Crippen LogP contribution < -0.4 is 27.4 Å². The van der Waals surface area contributed by atoms with E-state index in [0.29, 0.717) is 30.5 Å². The number of carbonyl (C=O) groups excluding carboxylic acids is 3. The molecule has 0 saturated heterocycles. The molecule has 1 heterocycles. The number of fused-ring (bicyclic) bond motifs is 1. The number of nitrogens with one attached hydrogen (secondary N) is 4. The van der Waals surface area contributed by atoms with Crippen molar-refractivity contribution in [3.8, 4) is 5.75 Å². The highest BCUT2D eigenvalue weighted by atomic mass is 16.4. The van der Waals surface area contributed by atoms with Gasteiger partial charge >= 0.3 is 5.97 Å². The van der Waals surface area contributed by atoms with Crippen LogP contribution in [-0.4, -0.2) is 80.8 Å². The molecule has 0 aliphatic heterocycles. The minimum atomic E-state index is -1.31. The van der Waals surface area contributed by atoms with Crippen LogP contribution in [0.4, 0.5) is 0 Å². The van der Waals surface area contributed by atoms with Crippen molar-refractivity contribution in [2.45, 2.75) is 69.3 Å². The first-order valence-corrected chi connectivity index (χ1v) is 14.1. The summed E-state index contributed by atoms with van der Waals surface area (Å²) in [5.74, 6) is -3.43. The van der Waals surface area contributed by atoms with E-state index in [9.17, 15) is 34.5 Å². The van der Waals surface area contributed by atoms with E-state index in [2.05, 4.69) is 20.9 Å². The number of phenolic OH excluding ortho intramolecular Hbond substituents is 1. The maximum absolute atomic E-state index is 13.6. The fourth-order valence-corrected chi connectivity index (χ4v) is 4.59. The smallest absolute Gasteiger partial charge is 0.326 e. The van der Waals surface area contributed by atoms with Gasteiger partial charge in [0.25, 0.3) is 0 Å². The normalized spacial score (nSPS) is 14.7. The Hall–Kier alpha value is -4.46. The number of phenols is 1. The minimum absolute atomic E-state index is 0.00980. The van der Waals surface area contributed by atoms with Crippen LogP contribution in [0.15, 0.2) is 54.7 Å². The van der Waals surface area contributed by atoms with Gasteiger partial charge in [-0.2, -0.15) is 0 Å². The molecule has 0 aliphatic carbocycles. The van der Waals surface area contributed by atoms with Crippen LogP contribution >= 0.6 is 0 Å². The molecule has 0 fully saturated rings. The molecule has 3 amide bonds. The zero-order chi connectivity index (χ0) is 31.5. The quantitative estimate of drug-likeness (QED) is 0.101. The standard InChI is InChI=1S/C30H40N6O7/c1-17(37)26(32)29(41)34-23(8-4-5-13-31)27(39)35-24(14-18-9-11-20(38)12-10-18)28(40)36-25(30(42)43)15-19-16-33-22-7-3-2-6-21(19)22/h2-3,6-7,9-12,16-17,23-26,33,37-38H,4-5,8,13-15,31-32H2,1H3,(H,34,41)(H,35,39)(H,36,40)(H,42,43). The highest BCUT2D eigenvalue weighted by Crippen LogP contribution is 2.19. The fourth-order valence-electron chi connectivity index (χ4n) is 4.59. The number of carbonyl (C=O) groups is 4. The Morgan fingerprint density at radius 2 is 1.49 bits per heavy atom. The number of amides is 3. The highest BCUT2D eigenvalue weighted by Gasteiger charge is 2.31. The monoisotopic (exact) mass is 596 g/mol. The highest BCUT2D eigenvalue weighted by molar-refractivity contribution is 5.94. The van der Waals surface area contributed by atoms with Gasteiger partial charge in [-0.1, -0.05) is 30.3 Å². The summed E-state index contributed by atoms with van der Waals surface area (Å²) < 4.78 is 0. The first-order chi connectivity index (χ1) is 20.5. The van der Waals surface area contributed by atoms with E-state index in [4.69, 9.17) is 11.5 Å². The van der Waals surface area contributed by atoms with Crippen molar-refractivity contribution in [1.29, 1.82) is 0 Å². The number of aliphatic hydroxyl groups excluding tert-OH is 1. The van der Waals surface area contributed by atoms with E-state index >= 15 is 0 Å². The molecular weight excluding hydrogens is 556 g/mol. The summed E-state index contributed by atoms with van der Waals surface area (Å²) in [5, 5.41) is 37.9. The molecule has 13 heteroatoms. The number of benzene rings is 2. The van der Waals surface area contributed by atoms with E-state index in [1.165, 1.54) is 19.1 Å². The summed E-state index contributed by atoms with van der Waals surface area (Å²) in [6.45, 7) is 1.72. The van der Waals surface area contributed by atoms with Crippen LogP contribution in [0.1, 0.15) is 37.3 Å². The summed E-state index contributed by atoms with van der Waals surface area (Å²) >= 11 is 0. The molecule has 0 radical (unpaired) electrons. The number of carboxylic acid groups (broad SMARTS) is 1. The number of aliphatic carboxylic acids is 1. The van der Waals surface area contributed by atoms with Gasteiger partial charge in [0.05, 0.1) is 6.10 Å². The molecule has 0 saturated carbocycles. The zero-order valence-electron chi connectivity index (χ0n) is 24.0. The number of hydrogen-bond acceptors (Lipinski definition) is 8. The number of carboxylic acids is 1. The van der Waals surface area contributed by atoms with Crippen molar-refractivity contribution in [2.75, 3.05) is 6.54 Å². The van der Waals surface area contributed by atoms with Crippen molar-refractivity contribution in [3.05, 3.63) is 65.9 Å². The zero-order valence-corrected chi connectivity index (χ0v) is 24.0. The summed E-state index contributed by atoms with van der Waals surface area (Å²) in [6.07, 6.45) is 1.73. The van der Waals surface area contributed by atoms with Crippen LogP contribution in [0.25, 0.3) is 10.9 Å². The SMILES string of the molecule is CC(O)C(N)C(=O)NC(CCCCN)C(=O)NC(Cc1ccc(O)cc1)C(=O)NC(Cc1c[nH]c2ccccc12)C(=O)O. The second-order valence-electron chi connectivity index (χ2n) is 10.5. The van der Waals surface area contributed by atoms with Crippen molar-refractivity contribution in [1.82, 2.24) is 20.9 Å². The predicted octanol–water partition coefficient (Wildman–Crippen LogP) is 0.0348. The number of aliphatic hydroxyl groups is 1. The molecule has 3 aromatic rings. The lowest BCUT2D eigenvalue weighted by Gasteiger charge is -2.26. The van der Waals surface area contributed by atoms with Gasteiger partial charge in [-0.15, -0.1) is 0 Å². The minimum Gasteiger partial charge on any atom is -0.508 e. The number of aromatic hydroxyl groups is 1. The summed E-state index contributed by atoms with van der Waals surface area (Å²) in [7, 11) is 0. The molecule has 2 aromatic carbocycles. The van der Waals surface area contributed by atoms with Gasteiger partial charge in [-0.3, -0.25) is 14.4 Å². The Labute approximate surface area is 249 Å². The van der Waals surface area contributed by atoms with Gasteiger partial charge in [-0.05, 0) is 62.1 Å². The molecular formula is C30H40N6O7. The largest absolute Gasteiger partial charge is 0.508 e. The summed E-state index contributed by atoms with van der Waals surface area (Å²) in [5.41, 5.74) is 13.4. The van der Waals surface area contributed by atoms with E-state index in [1.54, 1.807) is 18.3 Å². The topological polar surface area (TPSA) is 233 Å². The van der Waals surface area contributed by atoms with Crippen LogP contribution in [0, 0.1) is 0 Å². The van der Waals surface area contributed by atoms with Gasteiger partial charge in [-0.25, -0.2) is 4.79 Å². The average Bonchev–Trinajstić information content (AvgIpc) is 3.39. The maximum atomic E-state index is 13.6. The van der Waals surface area contributed by atoms with E-state index in [1.807, 2.05) is 24.3 Å². The second-order valence-corrected chi connectivity index (χ2v) is 10.5. The molecule has 232 valence electrons. The van der Waals surface area contributed by atoms with E-state index in [-0.39, 0.29) is 25.0 Å². The second kappa shape index (κ2) is 15.7. The summed E-state index contributed by atoms with van der Waals surface area (Å²) in [6, 6.07) is 8.46. The number of hydrogen-bond donors (Lipinski definition) is 9. The Balaban J connectivity index is 1.83. The van der Waals surface area contributed by atoms with Crippen LogP contribution in [0.2, 0.25) is 0 Å². The average molecular weight is 597 g/mol. The van der Waals surface area contributed by atoms with Gasteiger partial charge in [0.2, 0.25) is 17.7 Å². The number of H-pyrrole nitrogens is 1. The van der Waals surface area contributed by atoms with Crippen molar-refractivity contribution in [3.63, 3.8) is 0 Å². The molecule has 43 heavy (non-hydrogen) atoms. The Kier molecular flexibility index (Phi) is 12.0. The molecule has 3 rings (SSSR count). The molecule has 13 nitrogen and oxygen atoms in total. The molecule has 5 atom stereocenters. The van der Waals surface area contributed by atoms with Crippen LogP contribution in [0.5, 0.6) is 5.75 Å². The van der Waals surface area contributed by atoms with E-state index < -0.39 is 54.0 Å². The maximum Gasteiger partial charge on any atom is 0.326 e. The number of unbranched alkanes of at least 4 members (excludes halogenated alkanes) is 1. The third-order valence-electron chi connectivity index (χ3n) is 7.13. The molecule has 11 N–H and O–H groups in total. The Bertz CT molecular complexity index is 1390. The van der Waals surface area contributed by atoms with Gasteiger partial charge in [0.15, 0.2) is 0 Å². The van der Waals surface area contributed by atoms with E-state index in [0.717, 1.165) is 10.9 Å². The molecule has 0 spiro atoms. The lowest BCUT2D eigenvalue weighted by Crippen LogP contribution is -2.58. The third-order valence-corrected chi connectivity index (χ3v) is 7.13.